The van der Waals surface area contributed by atoms with Gasteiger partial charge in [0.05, 0.1) is 24.3 Å². The summed E-state index contributed by atoms with van der Waals surface area (Å²) in [4.78, 5) is 34.2. The van der Waals surface area contributed by atoms with E-state index in [0.29, 0.717) is 0 Å². The van der Waals surface area contributed by atoms with Crippen molar-refractivity contribution in [2.75, 3.05) is 7.05 Å². The van der Waals surface area contributed by atoms with Crippen molar-refractivity contribution in [2.45, 2.75) is 44.3 Å². The molecule has 0 bridgehead atoms. The minimum absolute atomic E-state index is 0.206. The first-order chi connectivity index (χ1) is 9.58. The minimum atomic E-state index is -0.978. The second kappa shape index (κ2) is 4.81. The van der Waals surface area contributed by atoms with Gasteiger partial charge in [0, 0.05) is 19.5 Å². The molecule has 1 aliphatic carbocycles. The van der Waals surface area contributed by atoms with Gasteiger partial charge in [0.2, 0.25) is 0 Å². The van der Waals surface area contributed by atoms with Crippen molar-refractivity contribution in [3.8, 4) is 0 Å². The lowest BCUT2D eigenvalue weighted by atomic mass is 9.92. The van der Waals surface area contributed by atoms with Crippen LogP contribution < -0.4 is 0 Å². The number of H-pyrrole nitrogens is 1. The lowest BCUT2D eigenvalue weighted by Crippen LogP contribution is -2.55. The molecule has 1 aromatic heterocycles. The highest BCUT2D eigenvalue weighted by Gasteiger charge is 2.39. The molecule has 1 atom stereocenters. The number of carbonyl (C=O) groups is 2. The predicted octanol–water partition coefficient (Wildman–Crippen LogP) is 0.825. The Morgan fingerprint density at radius 2 is 2.25 bits per heavy atom. The zero-order valence-corrected chi connectivity index (χ0v) is 11.4. The van der Waals surface area contributed by atoms with Crippen LogP contribution in [0.3, 0.4) is 0 Å². The number of hydrogen-bond acceptors (Lipinski definition) is 3. The Bertz CT molecular complexity index is 537. The second-order valence-corrected chi connectivity index (χ2v) is 5.49. The number of amides is 2. The number of imidazole rings is 1. The van der Waals surface area contributed by atoms with E-state index >= 15 is 0 Å². The van der Waals surface area contributed by atoms with Crippen LogP contribution in [0.15, 0.2) is 6.33 Å². The normalized spacial score (nSPS) is 22.1. The Labute approximate surface area is 116 Å². The molecule has 2 heterocycles. The molecule has 1 saturated carbocycles. The van der Waals surface area contributed by atoms with Gasteiger partial charge in [-0.05, 0) is 19.3 Å². The number of aliphatic carboxylic acids is 1. The smallest absolute Gasteiger partial charge is 0.326 e. The molecule has 1 aliphatic heterocycles. The van der Waals surface area contributed by atoms with Crippen molar-refractivity contribution < 1.29 is 14.7 Å². The van der Waals surface area contributed by atoms with Crippen LogP contribution in [0.25, 0.3) is 0 Å². The van der Waals surface area contributed by atoms with Gasteiger partial charge < -0.3 is 19.9 Å². The number of aromatic amines is 1. The lowest BCUT2D eigenvalue weighted by molar-refractivity contribution is -0.143. The average Bonchev–Trinajstić information content (AvgIpc) is 2.81. The molecule has 0 radical (unpaired) electrons. The summed E-state index contributed by atoms with van der Waals surface area (Å²) >= 11 is 0. The summed E-state index contributed by atoms with van der Waals surface area (Å²) in [6, 6.07) is -0.789. The summed E-state index contributed by atoms with van der Waals surface area (Å²) in [6.07, 6.45) is 4.95. The molecule has 3 rings (SSSR count). The molecular weight excluding hydrogens is 260 g/mol. The molecule has 0 saturated heterocycles. The predicted molar refractivity (Wildman–Crippen MR) is 70.1 cm³/mol. The fourth-order valence-corrected chi connectivity index (χ4v) is 2.79. The lowest BCUT2D eigenvalue weighted by Gasteiger charge is -2.40. The minimum Gasteiger partial charge on any atom is -0.480 e. The van der Waals surface area contributed by atoms with E-state index in [-0.39, 0.29) is 25.0 Å². The van der Waals surface area contributed by atoms with Gasteiger partial charge in [-0.15, -0.1) is 0 Å². The van der Waals surface area contributed by atoms with Crippen LogP contribution in [0.5, 0.6) is 0 Å². The van der Waals surface area contributed by atoms with Gasteiger partial charge in [0.1, 0.15) is 6.04 Å². The molecule has 1 aromatic rings. The number of aromatic nitrogens is 2. The third-order valence-corrected chi connectivity index (χ3v) is 4.35. The van der Waals surface area contributed by atoms with Crippen LogP contribution in [0.1, 0.15) is 30.7 Å². The summed E-state index contributed by atoms with van der Waals surface area (Å²) in [5.41, 5.74) is 1.57. The summed E-state index contributed by atoms with van der Waals surface area (Å²) in [5.74, 6) is -0.978. The van der Waals surface area contributed by atoms with Gasteiger partial charge in [-0.1, -0.05) is 0 Å². The van der Waals surface area contributed by atoms with Crippen LogP contribution in [-0.4, -0.2) is 56.0 Å². The third kappa shape index (κ3) is 2.03. The zero-order chi connectivity index (χ0) is 14.3. The molecule has 20 heavy (non-hydrogen) atoms. The number of rotatable bonds is 2. The largest absolute Gasteiger partial charge is 0.480 e. The standard InChI is InChI=1S/C13H18N4O3/c1-16(8-3-2-4-8)13(20)17-6-10-9(14-7-15-10)5-11(17)12(18)19/h7-8,11H,2-6H2,1H3,(H,14,15)(H,18,19). The number of urea groups is 1. The monoisotopic (exact) mass is 278 g/mol. The van der Waals surface area contributed by atoms with Gasteiger partial charge in [-0.2, -0.15) is 0 Å². The quantitative estimate of drug-likeness (QED) is 0.838. The molecule has 2 aliphatic rings. The highest BCUT2D eigenvalue weighted by Crippen LogP contribution is 2.27. The number of nitrogens with zero attached hydrogens (tertiary/aromatic N) is 3. The first-order valence-corrected chi connectivity index (χ1v) is 6.85. The molecule has 1 unspecified atom stereocenters. The van der Waals surface area contributed by atoms with Gasteiger partial charge in [0.25, 0.3) is 0 Å². The van der Waals surface area contributed by atoms with Crippen molar-refractivity contribution in [3.63, 3.8) is 0 Å². The maximum atomic E-state index is 12.5. The molecule has 108 valence electrons. The van der Waals surface area contributed by atoms with E-state index in [9.17, 15) is 14.7 Å². The number of carbonyl (C=O) groups excluding carboxylic acids is 1. The zero-order valence-electron chi connectivity index (χ0n) is 11.4. The maximum absolute atomic E-state index is 12.5. The van der Waals surface area contributed by atoms with E-state index in [1.807, 2.05) is 0 Å². The van der Waals surface area contributed by atoms with E-state index < -0.39 is 12.0 Å². The highest BCUT2D eigenvalue weighted by molar-refractivity contribution is 5.83. The molecule has 2 N–H and O–H groups in total. The van der Waals surface area contributed by atoms with Crippen LogP contribution in [-0.2, 0) is 17.8 Å². The third-order valence-electron chi connectivity index (χ3n) is 4.35. The van der Waals surface area contributed by atoms with E-state index in [0.717, 1.165) is 30.7 Å². The van der Waals surface area contributed by atoms with Gasteiger partial charge in [-0.3, -0.25) is 0 Å². The number of nitrogens with one attached hydrogen (secondary N) is 1. The Kier molecular flexibility index (Phi) is 3.11. The van der Waals surface area contributed by atoms with E-state index in [4.69, 9.17) is 0 Å². The van der Waals surface area contributed by atoms with Gasteiger partial charge in [0.15, 0.2) is 0 Å². The molecule has 7 heteroatoms. The number of fused-ring (bicyclic) bond motifs is 1. The van der Waals surface area contributed by atoms with Crippen LogP contribution >= 0.6 is 0 Å². The molecule has 0 spiro atoms. The van der Waals surface area contributed by atoms with Crippen LogP contribution in [0, 0.1) is 0 Å². The van der Waals surface area contributed by atoms with E-state index in [2.05, 4.69) is 9.97 Å². The highest BCUT2D eigenvalue weighted by atomic mass is 16.4. The van der Waals surface area contributed by atoms with Gasteiger partial charge in [-0.25, -0.2) is 14.6 Å². The molecule has 1 fully saturated rings. The Hall–Kier alpha value is -2.05. The van der Waals surface area contributed by atoms with Crippen molar-refractivity contribution in [3.05, 3.63) is 17.7 Å². The van der Waals surface area contributed by atoms with Crippen molar-refractivity contribution in [2.24, 2.45) is 0 Å². The number of carboxylic acids is 1. The Morgan fingerprint density at radius 3 is 2.85 bits per heavy atom. The summed E-state index contributed by atoms with van der Waals surface area (Å²) < 4.78 is 0. The first kappa shape index (κ1) is 13.0. The first-order valence-electron chi connectivity index (χ1n) is 6.85. The summed E-state index contributed by atoms with van der Waals surface area (Å²) in [5, 5.41) is 9.36. The van der Waals surface area contributed by atoms with E-state index in [1.165, 1.54) is 4.90 Å². The van der Waals surface area contributed by atoms with Crippen molar-refractivity contribution in [1.82, 2.24) is 19.8 Å². The van der Waals surface area contributed by atoms with Crippen LogP contribution in [0.2, 0.25) is 0 Å². The second-order valence-electron chi connectivity index (χ2n) is 5.49. The number of carboxylic acid groups (broad SMARTS) is 1. The fourth-order valence-electron chi connectivity index (χ4n) is 2.79. The van der Waals surface area contributed by atoms with Crippen LogP contribution in [0.4, 0.5) is 4.79 Å². The molecular formula is C13H18N4O3. The van der Waals surface area contributed by atoms with E-state index in [1.54, 1.807) is 18.3 Å². The van der Waals surface area contributed by atoms with Gasteiger partial charge >= 0.3 is 12.0 Å². The topological polar surface area (TPSA) is 89.5 Å². The Balaban J connectivity index is 1.82. The average molecular weight is 278 g/mol. The number of hydrogen-bond donors (Lipinski definition) is 2. The fraction of sp³-hybridized carbons (Fsp3) is 0.615. The molecule has 0 aromatic carbocycles. The molecule has 2 amide bonds. The molecule has 7 nitrogen and oxygen atoms in total. The SMILES string of the molecule is CN(C(=O)N1Cc2[nH]cnc2CC1C(=O)O)C1CCC1. The van der Waals surface area contributed by atoms with Crippen molar-refractivity contribution >= 4 is 12.0 Å². The maximum Gasteiger partial charge on any atom is 0.326 e. The van der Waals surface area contributed by atoms with Crippen molar-refractivity contribution in [1.29, 1.82) is 0 Å². The Morgan fingerprint density at radius 1 is 1.50 bits per heavy atom. The summed E-state index contributed by atoms with van der Waals surface area (Å²) in [7, 11) is 1.76. The summed E-state index contributed by atoms with van der Waals surface area (Å²) in [6.45, 7) is 0.280.